The first-order valence-corrected chi connectivity index (χ1v) is 4.38. The van der Waals surface area contributed by atoms with Crippen LogP contribution in [0.5, 0.6) is 0 Å². The van der Waals surface area contributed by atoms with Crippen LogP contribution in [0.2, 0.25) is 0 Å². The number of rotatable bonds is 4. The van der Waals surface area contributed by atoms with Crippen molar-refractivity contribution < 1.29 is 9.53 Å². The van der Waals surface area contributed by atoms with Crippen molar-refractivity contribution in [1.29, 1.82) is 0 Å². The Bertz CT molecular complexity index is 221. The summed E-state index contributed by atoms with van der Waals surface area (Å²) >= 11 is 4.57. The van der Waals surface area contributed by atoms with Gasteiger partial charge in [-0.2, -0.15) is 0 Å². The summed E-state index contributed by atoms with van der Waals surface area (Å²) in [5.41, 5.74) is -0.578. The summed E-state index contributed by atoms with van der Waals surface area (Å²) in [6.45, 7) is 2.20. The van der Waals surface area contributed by atoms with Crippen LogP contribution in [0.4, 0.5) is 0 Å². The maximum Gasteiger partial charge on any atom is 0.333 e. The average Bonchev–Trinajstić information content (AvgIpc) is 2.82. The van der Waals surface area contributed by atoms with Crippen molar-refractivity contribution in [3.8, 4) is 0 Å². The third kappa shape index (κ3) is 1.88. The van der Waals surface area contributed by atoms with E-state index in [0.29, 0.717) is 6.61 Å². The molecule has 0 aromatic carbocycles. The van der Waals surface area contributed by atoms with E-state index >= 15 is 0 Å². The minimum absolute atomic E-state index is 0.224. The van der Waals surface area contributed by atoms with Crippen molar-refractivity contribution in [1.82, 2.24) is 0 Å². The van der Waals surface area contributed by atoms with Crippen molar-refractivity contribution >= 4 is 29.8 Å². The summed E-state index contributed by atoms with van der Waals surface area (Å²) in [4.78, 5) is 15.3. The molecule has 0 aromatic rings. The van der Waals surface area contributed by atoms with Crippen LogP contribution in [0.25, 0.3) is 0 Å². The van der Waals surface area contributed by atoms with E-state index in [2.05, 4.69) is 17.2 Å². The lowest BCUT2D eigenvalue weighted by Crippen LogP contribution is -2.23. The molecule has 12 heavy (non-hydrogen) atoms. The van der Waals surface area contributed by atoms with Crippen molar-refractivity contribution in [3.05, 3.63) is 0 Å². The van der Waals surface area contributed by atoms with Crippen LogP contribution in [0.15, 0.2) is 4.99 Å². The highest BCUT2D eigenvalue weighted by molar-refractivity contribution is 7.80. The number of hydrogen-bond donors (Lipinski definition) is 0. The molecule has 1 fully saturated rings. The van der Waals surface area contributed by atoms with Gasteiger partial charge >= 0.3 is 5.97 Å². The van der Waals surface area contributed by atoms with Gasteiger partial charge in [-0.15, -0.1) is 0 Å². The molecule has 0 aliphatic heterocycles. The lowest BCUT2D eigenvalue weighted by Gasteiger charge is -2.07. The SMILES string of the molecule is CCOC(=O)C1(N=CC=S)CC1. The first-order chi connectivity index (χ1) is 5.75. The lowest BCUT2D eigenvalue weighted by molar-refractivity contribution is -0.145. The van der Waals surface area contributed by atoms with Gasteiger partial charge in [0.2, 0.25) is 0 Å². The van der Waals surface area contributed by atoms with Crippen LogP contribution in [0, 0.1) is 0 Å². The van der Waals surface area contributed by atoms with E-state index in [0.717, 1.165) is 12.8 Å². The fourth-order valence-electron chi connectivity index (χ4n) is 0.943. The molecular formula is C8H11NO2S. The molecule has 0 unspecified atom stereocenters. The van der Waals surface area contributed by atoms with Gasteiger partial charge in [-0.1, -0.05) is 12.2 Å². The molecule has 0 saturated heterocycles. The van der Waals surface area contributed by atoms with E-state index < -0.39 is 5.54 Å². The first kappa shape index (κ1) is 9.32. The third-order valence-electron chi connectivity index (χ3n) is 1.76. The Morgan fingerprint density at radius 3 is 2.83 bits per heavy atom. The van der Waals surface area contributed by atoms with Gasteiger partial charge in [0.25, 0.3) is 0 Å². The van der Waals surface area contributed by atoms with E-state index in [4.69, 9.17) is 4.74 Å². The van der Waals surface area contributed by atoms with E-state index in [1.54, 1.807) is 6.92 Å². The van der Waals surface area contributed by atoms with Crippen molar-refractivity contribution in [2.45, 2.75) is 25.3 Å². The predicted octanol–water partition coefficient (Wildman–Crippen LogP) is 1.15. The molecule has 1 rings (SSSR count). The largest absolute Gasteiger partial charge is 0.464 e. The molecule has 1 saturated carbocycles. The Morgan fingerprint density at radius 2 is 2.42 bits per heavy atom. The van der Waals surface area contributed by atoms with Crippen LogP contribution >= 0.6 is 12.2 Å². The molecule has 0 amide bonds. The molecule has 3 nitrogen and oxygen atoms in total. The fraction of sp³-hybridized carbons (Fsp3) is 0.625. The predicted molar refractivity (Wildman–Crippen MR) is 50.7 cm³/mol. The number of nitrogens with zero attached hydrogens (tertiary/aromatic N) is 1. The molecule has 0 spiro atoms. The Balaban J connectivity index is 2.53. The molecular weight excluding hydrogens is 174 g/mol. The molecule has 4 heteroatoms. The van der Waals surface area contributed by atoms with Crippen LogP contribution in [-0.4, -0.2) is 29.7 Å². The number of hydrogen-bond acceptors (Lipinski definition) is 4. The summed E-state index contributed by atoms with van der Waals surface area (Å²) in [6.07, 6.45) is 3.05. The third-order valence-corrected chi connectivity index (χ3v) is 1.88. The summed E-state index contributed by atoms with van der Waals surface area (Å²) in [5.74, 6) is -0.224. The minimum atomic E-state index is -0.578. The van der Waals surface area contributed by atoms with Gasteiger partial charge in [-0.25, -0.2) is 4.79 Å². The van der Waals surface area contributed by atoms with Crippen LogP contribution in [-0.2, 0) is 9.53 Å². The Kier molecular flexibility index (Phi) is 2.92. The highest BCUT2D eigenvalue weighted by atomic mass is 32.1. The van der Waals surface area contributed by atoms with Crippen LogP contribution in [0.1, 0.15) is 19.8 Å². The van der Waals surface area contributed by atoms with Gasteiger partial charge in [0.05, 0.1) is 6.61 Å². The smallest absolute Gasteiger partial charge is 0.333 e. The minimum Gasteiger partial charge on any atom is -0.464 e. The monoisotopic (exact) mass is 185 g/mol. The molecule has 0 N–H and O–H groups in total. The Hall–Kier alpha value is -0.770. The summed E-state index contributed by atoms with van der Waals surface area (Å²) in [5, 5.41) is 1.40. The van der Waals surface area contributed by atoms with Crippen LogP contribution < -0.4 is 0 Å². The highest BCUT2D eigenvalue weighted by Crippen LogP contribution is 2.40. The first-order valence-electron chi connectivity index (χ1n) is 3.91. The van der Waals surface area contributed by atoms with Crippen LogP contribution in [0.3, 0.4) is 0 Å². The maximum absolute atomic E-state index is 11.2. The number of aliphatic imine (C=N–C) groups is 1. The van der Waals surface area contributed by atoms with Gasteiger partial charge in [0, 0.05) is 11.6 Å². The van der Waals surface area contributed by atoms with Gasteiger partial charge < -0.3 is 4.74 Å². The van der Waals surface area contributed by atoms with Gasteiger partial charge in [0.1, 0.15) is 0 Å². The standard InChI is InChI=1S/C8H11NO2S/c1-2-11-7(10)8(3-4-8)9-5-6-12/h5-6H,2-4H2,1H3. The number of thiocarbonyl (C=S) groups is 1. The molecule has 0 atom stereocenters. The van der Waals surface area contributed by atoms with Gasteiger partial charge in [0.15, 0.2) is 5.54 Å². The second-order valence-corrected chi connectivity index (χ2v) is 2.94. The number of carbonyl (C=O) groups excluding carboxylic acids is 1. The van der Waals surface area contributed by atoms with Gasteiger partial charge in [-0.05, 0) is 19.8 Å². The molecule has 0 bridgehead atoms. The fourth-order valence-corrected chi connectivity index (χ4v) is 1.00. The Labute approximate surface area is 76.8 Å². The number of esters is 1. The zero-order chi connectivity index (χ0) is 9.03. The van der Waals surface area contributed by atoms with Crippen molar-refractivity contribution in [3.63, 3.8) is 0 Å². The highest BCUT2D eigenvalue weighted by Gasteiger charge is 2.51. The summed E-state index contributed by atoms with van der Waals surface area (Å²) in [7, 11) is 0. The zero-order valence-corrected chi connectivity index (χ0v) is 7.76. The molecule has 66 valence electrons. The van der Waals surface area contributed by atoms with E-state index in [-0.39, 0.29) is 5.97 Å². The number of carbonyl (C=O) groups is 1. The van der Waals surface area contributed by atoms with E-state index in [1.165, 1.54) is 11.6 Å². The quantitative estimate of drug-likeness (QED) is 0.374. The molecule has 0 aromatic heterocycles. The molecule has 1 aliphatic rings. The summed E-state index contributed by atoms with van der Waals surface area (Å²) in [6, 6.07) is 0. The van der Waals surface area contributed by atoms with E-state index in [1.807, 2.05) is 0 Å². The maximum atomic E-state index is 11.2. The second kappa shape index (κ2) is 3.76. The molecule has 1 aliphatic carbocycles. The molecule has 0 radical (unpaired) electrons. The second-order valence-electron chi connectivity index (χ2n) is 2.67. The lowest BCUT2D eigenvalue weighted by atomic mass is 10.3. The normalized spacial score (nSPS) is 19.1. The van der Waals surface area contributed by atoms with Crippen molar-refractivity contribution in [2.75, 3.05) is 6.61 Å². The van der Waals surface area contributed by atoms with Crippen molar-refractivity contribution in [2.24, 2.45) is 4.99 Å². The number of ether oxygens (including phenoxy) is 1. The Morgan fingerprint density at radius 1 is 1.75 bits per heavy atom. The molecule has 0 heterocycles. The summed E-state index contributed by atoms with van der Waals surface area (Å²) < 4.78 is 4.87. The topological polar surface area (TPSA) is 38.7 Å². The average molecular weight is 185 g/mol. The van der Waals surface area contributed by atoms with Gasteiger partial charge in [-0.3, -0.25) is 4.99 Å². The zero-order valence-electron chi connectivity index (χ0n) is 6.95. The van der Waals surface area contributed by atoms with E-state index in [9.17, 15) is 4.79 Å².